The summed E-state index contributed by atoms with van der Waals surface area (Å²) in [6.07, 6.45) is 1.11. The van der Waals surface area contributed by atoms with Crippen molar-refractivity contribution in [3.63, 3.8) is 0 Å². The monoisotopic (exact) mass is 421 g/mol. The number of nitrogens with one attached hydrogen (secondary N) is 1. The second-order valence-corrected chi connectivity index (χ2v) is 6.26. The predicted octanol–water partition coefficient (Wildman–Crippen LogP) is 3.21. The third-order valence-electron chi connectivity index (χ3n) is 3.60. The lowest BCUT2D eigenvalue weighted by atomic mass is 10.1. The summed E-state index contributed by atoms with van der Waals surface area (Å²) in [4.78, 5) is 22.0. The van der Waals surface area contributed by atoms with Gasteiger partial charge in [-0.1, -0.05) is 12.1 Å². The van der Waals surface area contributed by atoms with Crippen molar-refractivity contribution in [3.05, 3.63) is 61.6 Å². The number of aryl methyl sites for hydroxylation is 1. The van der Waals surface area contributed by atoms with Crippen LogP contribution in [-0.4, -0.2) is 28.8 Å². The molecule has 0 bridgehead atoms. The number of nitrogens with zero attached hydrogens (tertiary/aromatic N) is 2. The number of hydrogen-bond acceptors (Lipinski definition) is 6. The molecule has 2 rings (SSSR count). The quantitative estimate of drug-likeness (QED) is 0.422. The fraction of sp³-hybridized carbons (Fsp3) is 0.176. The topological polar surface area (TPSA) is 114 Å². The van der Waals surface area contributed by atoms with E-state index in [1.54, 1.807) is 6.07 Å². The smallest absolute Gasteiger partial charge is 0.277 e. The summed E-state index contributed by atoms with van der Waals surface area (Å²) in [6, 6.07) is 7.84. The number of benzene rings is 2. The minimum atomic E-state index is -0.599. The Bertz CT molecular complexity index is 883. The van der Waals surface area contributed by atoms with Gasteiger partial charge < -0.3 is 9.84 Å². The maximum atomic E-state index is 11.8. The first-order valence-electron chi connectivity index (χ1n) is 7.47. The number of nitro groups is 1. The number of carbonyl (C=O) groups is 1. The standard InChI is InChI=1S/C17H16BrN3O5/c1-10-4-3-5-15(11(10)2)26-9-16(22)20-19-8-12-6-13(21(24)25)7-14(18)17(12)23/h3-8,23H,9H2,1-2H3,(H,20,22). The molecule has 0 unspecified atom stereocenters. The van der Waals surface area contributed by atoms with Crippen LogP contribution in [0, 0.1) is 24.0 Å². The molecule has 9 heteroatoms. The number of halogens is 1. The number of rotatable bonds is 6. The highest BCUT2D eigenvalue weighted by atomic mass is 79.9. The molecule has 0 aliphatic rings. The fourth-order valence-corrected chi connectivity index (χ4v) is 2.50. The Hall–Kier alpha value is -2.94. The van der Waals surface area contributed by atoms with Crippen LogP contribution in [0.5, 0.6) is 11.5 Å². The highest BCUT2D eigenvalue weighted by molar-refractivity contribution is 9.10. The summed E-state index contributed by atoms with van der Waals surface area (Å²) in [5, 5.41) is 24.4. The van der Waals surface area contributed by atoms with Crippen molar-refractivity contribution in [1.29, 1.82) is 0 Å². The van der Waals surface area contributed by atoms with Gasteiger partial charge in [0.1, 0.15) is 11.5 Å². The molecule has 0 heterocycles. The molecule has 0 atom stereocenters. The molecule has 2 aromatic rings. The van der Waals surface area contributed by atoms with Crippen LogP contribution in [0.15, 0.2) is 39.9 Å². The molecule has 0 aliphatic carbocycles. The molecule has 136 valence electrons. The van der Waals surface area contributed by atoms with E-state index < -0.39 is 10.8 Å². The highest BCUT2D eigenvalue weighted by Crippen LogP contribution is 2.31. The Balaban J connectivity index is 1.99. The summed E-state index contributed by atoms with van der Waals surface area (Å²) in [5.74, 6) is -0.129. The SMILES string of the molecule is Cc1cccc(OCC(=O)NN=Cc2cc([N+](=O)[O-])cc(Br)c2O)c1C. The Morgan fingerprint density at radius 1 is 1.42 bits per heavy atom. The van der Waals surface area contributed by atoms with Gasteiger partial charge in [-0.25, -0.2) is 5.43 Å². The van der Waals surface area contributed by atoms with Gasteiger partial charge in [-0.05, 0) is 47.0 Å². The Morgan fingerprint density at radius 2 is 2.15 bits per heavy atom. The van der Waals surface area contributed by atoms with Crippen molar-refractivity contribution in [1.82, 2.24) is 5.43 Å². The lowest BCUT2D eigenvalue weighted by Gasteiger charge is -2.09. The molecular formula is C17H16BrN3O5. The van der Waals surface area contributed by atoms with Gasteiger partial charge in [-0.3, -0.25) is 14.9 Å². The van der Waals surface area contributed by atoms with Crippen LogP contribution in [0.3, 0.4) is 0 Å². The van der Waals surface area contributed by atoms with Crippen molar-refractivity contribution < 1.29 is 19.6 Å². The molecule has 0 spiro atoms. The van der Waals surface area contributed by atoms with E-state index in [1.165, 1.54) is 6.07 Å². The number of phenols is 1. The minimum absolute atomic E-state index is 0.0850. The Kier molecular flexibility index (Phi) is 6.29. The van der Waals surface area contributed by atoms with Gasteiger partial charge >= 0.3 is 0 Å². The maximum absolute atomic E-state index is 11.8. The van der Waals surface area contributed by atoms with Crippen LogP contribution in [0.1, 0.15) is 16.7 Å². The number of hydrogen-bond donors (Lipinski definition) is 2. The Labute approximate surface area is 157 Å². The number of aromatic hydroxyl groups is 1. The van der Waals surface area contributed by atoms with Gasteiger partial charge in [0.05, 0.1) is 15.6 Å². The zero-order valence-corrected chi connectivity index (χ0v) is 15.6. The number of carbonyl (C=O) groups excluding carboxylic acids is 1. The third-order valence-corrected chi connectivity index (χ3v) is 4.20. The predicted molar refractivity (Wildman–Crippen MR) is 99.6 cm³/mol. The molecule has 0 aliphatic heterocycles. The molecule has 0 saturated carbocycles. The van der Waals surface area contributed by atoms with E-state index in [1.807, 2.05) is 26.0 Å². The van der Waals surface area contributed by atoms with E-state index in [-0.39, 0.29) is 28.1 Å². The van der Waals surface area contributed by atoms with Crippen molar-refractivity contribution in [2.45, 2.75) is 13.8 Å². The van der Waals surface area contributed by atoms with Gasteiger partial charge in [0, 0.05) is 17.7 Å². The van der Waals surface area contributed by atoms with E-state index in [4.69, 9.17) is 4.74 Å². The summed E-state index contributed by atoms with van der Waals surface area (Å²) in [5.41, 5.74) is 4.09. The van der Waals surface area contributed by atoms with E-state index in [0.717, 1.165) is 23.4 Å². The van der Waals surface area contributed by atoms with Crippen LogP contribution >= 0.6 is 15.9 Å². The molecule has 26 heavy (non-hydrogen) atoms. The third kappa shape index (κ3) is 4.79. The highest BCUT2D eigenvalue weighted by Gasteiger charge is 2.13. The van der Waals surface area contributed by atoms with Crippen LogP contribution in [0.2, 0.25) is 0 Å². The van der Waals surface area contributed by atoms with Crippen molar-refractivity contribution in [2.75, 3.05) is 6.61 Å². The molecule has 2 N–H and O–H groups in total. The lowest BCUT2D eigenvalue weighted by Crippen LogP contribution is -2.24. The zero-order chi connectivity index (χ0) is 19.3. The molecular weight excluding hydrogens is 406 g/mol. The van der Waals surface area contributed by atoms with E-state index in [0.29, 0.717) is 5.75 Å². The average molecular weight is 422 g/mol. The molecule has 8 nitrogen and oxygen atoms in total. The first-order chi connectivity index (χ1) is 12.3. The van der Waals surface area contributed by atoms with E-state index in [2.05, 4.69) is 26.5 Å². The average Bonchev–Trinajstić information content (AvgIpc) is 2.59. The number of phenolic OH excluding ortho intramolecular Hbond substituents is 1. The normalized spacial score (nSPS) is 10.7. The number of ether oxygens (including phenoxy) is 1. The van der Waals surface area contributed by atoms with Gasteiger partial charge in [0.25, 0.3) is 11.6 Å². The van der Waals surface area contributed by atoms with Gasteiger partial charge in [-0.15, -0.1) is 0 Å². The number of hydrazone groups is 1. The van der Waals surface area contributed by atoms with Crippen molar-refractivity contribution >= 4 is 33.7 Å². The fourth-order valence-electron chi connectivity index (χ4n) is 2.04. The molecule has 0 aromatic heterocycles. The molecule has 0 fully saturated rings. The molecule has 2 aromatic carbocycles. The van der Waals surface area contributed by atoms with Gasteiger partial charge in [-0.2, -0.15) is 5.10 Å². The lowest BCUT2D eigenvalue weighted by molar-refractivity contribution is -0.385. The summed E-state index contributed by atoms with van der Waals surface area (Å²) < 4.78 is 5.59. The van der Waals surface area contributed by atoms with E-state index >= 15 is 0 Å². The van der Waals surface area contributed by atoms with Crippen LogP contribution in [0.4, 0.5) is 5.69 Å². The number of nitro benzene ring substituents is 1. The molecule has 0 saturated heterocycles. The zero-order valence-electron chi connectivity index (χ0n) is 14.0. The largest absolute Gasteiger partial charge is 0.506 e. The first kappa shape index (κ1) is 19.4. The van der Waals surface area contributed by atoms with Crippen LogP contribution in [-0.2, 0) is 4.79 Å². The van der Waals surface area contributed by atoms with Crippen molar-refractivity contribution in [3.8, 4) is 11.5 Å². The first-order valence-corrected chi connectivity index (χ1v) is 8.26. The van der Waals surface area contributed by atoms with Crippen molar-refractivity contribution in [2.24, 2.45) is 5.10 Å². The summed E-state index contributed by atoms with van der Waals surface area (Å²) in [7, 11) is 0. The second-order valence-electron chi connectivity index (χ2n) is 5.40. The number of amides is 1. The molecule has 1 amide bonds. The maximum Gasteiger partial charge on any atom is 0.277 e. The Morgan fingerprint density at radius 3 is 2.85 bits per heavy atom. The van der Waals surface area contributed by atoms with Crippen LogP contribution < -0.4 is 10.2 Å². The molecule has 0 radical (unpaired) electrons. The summed E-state index contributed by atoms with van der Waals surface area (Å²) >= 11 is 3.03. The minimum Gasteiger partial charge on any atom is -0.506 e. The number of non-ortho nitro benzene ring substituents is 1. The second kappa shape index (κ2) is 8.43. The summed E-state index contributed by atoms with van der Waals surface area (Å²) in [6.45, 7) is 3.59. The van der Waals surface area contributed by atoms with Gasteiger partial charge in [0.2, 0.25) is 0 Å². The van der Waals surface area contributed by atoms with E-state index in [9.17, 15) is 20.0 Å². The van der Waals surface area contributed by atoms with Gasteiger partial charge in [0.15, 0.2) is 6.61 Å². The van der Waals surface area contributed by atoms with Crippen LogP contribution in [0.25, 0.3) is 0 Å².